The molecule has 0 unspecified atom stereocenters. The highest BCUT2D eigenvalue weighted by Crippen LogP contribution is 2.43. The number of methoxy groups -OCH3 is 1. The monoisotopic (exact) mass is 248 g/mol. The number of aliphatic carboxylic acids is 1. The second-order valence-electron chi connectivity index (χ2n) is 5.14. The first-order chi connectivity index (χ1) is 8.66. The van der Waals surface area contributed by atoms with Gasteiger partial charge in [0.05, 0.1) is 13.5 Å². The van der Waals surface area contributed by atoms with Crippen molar-refractivity contribution in [1.29, 1.82) is 0 Å². The lowest BCUT2D eigenvalue weighted by Crippen LogP contribution is -2.31. The SMILES string of the molecule is COc1cccc(C2(CC(=O)O)CCCCC2)c1. The summed E-state index contributed by atoms with van der Waals surface area (Å²) in [6.45, 7) is 0. The first kappa shape index (κ1) is 12.9. The Morgan fingerprint density at radius 1 is 1.33 bits per heavy atom. The second kappa shape index (κ2) is 5.42. The van der Waals surface area contributed by atoms with Crippen LogP contribution < -0.4 is 4.74 Å². The van der Waals surface area contributed by atoms with Crippen LogP contribution >= 0.6 is 0 Å². The Labute approximate surface area is 108 Å². The Kier molecular flexibility index (Phi) is 3.90. The summed E-state index contributed by atoms with van der Waals surface area (Å²) in [4.78, 5) is 11.2. The highest BCUT2D eigenvalue weighted by atomic mass is 16.5. The van der Waals surface area contributed by atoms with Crippen LogP contribution in [0.1, 0.15) is 44.1 Å². The standard InChI is InChI=1S/C15H20O3/c1-18-13-7-5-6-12(10-13)15(11-14(16)17)8-3-2-4-9-15/h5-7,10H,2-4,8-9,11H2,1H3,(H,16,17). The van der Waals surface area contributed by atoms with Crippen LogP contribution in [0, 0.1) is 0 Å². The maximum Gasteiger partial charge on any atom is 0.304 e. The van der Waals surface area contributed by atoms with Crippen molar-refractivity contribution in [3.05, 3.63) is 29.8 Å². The van der Waals surface area contributed by atoms with Gasteiger partial charge in [-0.05, 0) is 30.5 Å². The van der Waals surface area contributed by atoms with Gasteiger partial charge in [0.1, 0.15) is 5.75 Å². The normalized spacial score (nSPS) is 18.3. The van der Waals surface area contributed by atoms with Crippen LogP contribution in [0.15, 0.2) is 24.3 Å². The molecule has 3 heteroatoms. The van der Waals surface area contributed by atoms with Crippen LogP contribution in [0.2, 0.25) is 0 Å². The van der Waals surface area contributed by atoms with E-state index < -0.39 is 5.97 Å². The molecule has 0 heterocycles. The number of ether oxygens (including phenoxy) is 1. The third-order valence-corrected chi connectivity index (χ3v) is 3.98. The minimum atomic E-state index is -0.709. The molecule has 1 aliphatic carbocycles. The first-order valence-electron chi connectivity index (χ1n) is 6.53. The van der Waals surface area contributed by atoms with Crippen LogP contribution in [0.25, 0.3) is 0 Å². The molecule has 0 radical (unpaired) electrons. The van der Waals surface area contributed by atoms with E-state index in [0.29, 0.717) is 0 Å². The van der Waals surface area contributed by atoms with Crippen molar-refractivity contribution in [2.24, 2.45) is 0 Å². The van der Waals surface area contributed by atoms with Crippen LogP contribution in [0.5, 0.6) is 5.75 Å². The zero-order valence-corrected chi connectivity index (χ0v) is 10.8. The lowest BCUT2D eigenvalue weighted by Gasteiger charge is -2.36. The Hall–Kier alpha value is -1.51. The van der Waals surface area contributed by atoms with Gasteiger partial charge in [-0.2, -0.15) is 0 Å². The maximum absolute atomic E-state index is 11.2. The fraction of sp³-hybridized carbons (Fsp3) is 0.533. The predicted molar refractivity (Wildman–Crippen MR) is 70.0 cm³/mol. The molecule has 0 spiro atoms. The van der Waals surface area contributed by atoms with Gasteiger partial charge >= 0.3 is 5.97 Å². The predicted octanol–water partition coefficient (Wildman–Crippen LogP) is 3.37. The molecule has 1 aromatic rings. The smallest absolute Gasteiger partial charge is 0.304 e. The minimum absolute atomic E-state index is 0.196. The van der Waals surface area contributed by atoms with Gasteiger partial charge in [-0.15, -0.1) is 0 Å². The van der Waals surface area contributed by atoms with Gasteiger partial charge < -0.3 is 9.84 Å². The van der Waals surface area contributed by atoms with E-state index in [1.165, 1.54) is 6.42 Å². The van der Waals surface area contributed by atoms with Crippen LogP contribution in [0.4, 0.5) is 0 Å². The summed E-state index contributed by atoms with van der Waals surface area (Å²) in [6.07, 6.45) is 5.60. The van der Waals surface area contributed by atoms with Gasteiger partial charge in [-0.25, -0.2) is 0 Å². The van der Waals surface area contributed by atoms with Crippen LogP contribution in [0.3, 0.4) is 0 Å². The van der Waals surface area contributed by atoms with E-state index in [9.17, 15) is 9.90 Å². The van der Waals surface area contributed by atoms with E-state index in [-0.39, 0.29) is 11.8 Å². The molecule has 18 heavy (non-hydrogen) atoms. The van der Waals surface area contributed by atoms with E-state index in [2.05, 4.69) is 0 Å². The molecule has 0 saturated heterocycles. The first-order valence-corrected chi connectivity index (χ1v) is 6.53. The van der Waals surface area contributed by atoms with Gasteiger partial charge in [-0.1, -0.05) is 31.4 Å². The molecule has 1 aliphatic rings. The zero-order valence-electron chi connectivity index (χ0n) is 10.8. The number of hydrogen-bond donors (Lipinski definition) is 1. The lowest BCUT2D eigenvalue weighted by molar-refractivity contribution is -0.138. The molecular formula is C15H20O3. The van der Waals surface area contributed by atoms with Crippen molar-refractivity contribution in [3.63, 3.8) is 0 Å². The third kappa shape index (κ3) is 2.66. The molecule has 1 saturated carbocycles. The van der Waals surface area contributed by atoms with Crippen molar-refractivity contribution >= 4 is 5.97 Å². The lowest BCUT2D eigenvalue weighted by atomic mass is 9.67. The molecule has 0 atom stereocenters. The number of benzene rings is 1. The highest BCUT2D eigenvalue weighted by Gasteiger charge is 2.36. The second-order valence-corrected chi connectivity index (χ2v) is 5.14. The largest absolute Gasteiger partial charge is 0.497 e. The molecule has 3 nitrogen and oxygen atoms in total. The van der Waals surface area contributed by atoms with Crippen molar-refractivity contribution < 1.29 is 14.6 Å². The Bertz CT molecular complexity index is 420. The fourth-order valence-corrected chi connectivity index (χ4v) is 3.04. The average molecular weight is 248 g/mol. The van der Waals surface area contributed by atoms with Gasteiger partial charge in [0.15, 0.2) is 0 Å². The molecule has 0 bridgehead atoms. The van der Waals surface area contributed by atoms with Gasteiger partial charge in [0, 0.05) is 5.41 Å². The van der Waals surface area contributed by atoms with E-state index in [0.717, 1.165) is 37.0 Å². The molecular weight excluding hydrogens is 228 g/mol. The number of hydrogen-bond acceptors (Lipinski definition) is 2. The molecule has 2 rings (SSSR count). The zero-order chi connectivity index (χ0) is 13.0. The molecule has 98 valence electrons. The van der Waals surface area contributed by atoms with Gasteiger partial charge in [-0.3, -0.25) is 4.79 Å². The molecule has 1 aromatic carbocycles. The van der Waals surface area contributed by atoms with E-state index in [1.807, 2.05) is 24.3 Å². The molecule has 0 aliphatic heterocycles. The Morgan fingerprint density at radius 2 is 2.06 bits per heavy atom. The maximum atomic E-state index is 11.2. The highest BCUT2D eigenvalue weighted by molar-refractivity contribution is 5.69. The summed E-state index contributed by atoms with van der Waals surface area (Å²) < 4.78 is 5.25. The minimum Gasteiger partial charge on any atom is -0.497 e. The van der Waals surface area contributed by atoms with Crippen LogP contribution in [-0.2, 0) is 10.2 Å². The Balaban J connectivity index is 2.34. The van der Waals surface area contributed by atoms with E-state index in [1.54, 1.807) is 7.11 Å². The summed E-state index contributed by atoms with van der Waals surface area (Å²) in [5.74, 6) is 0.0996. The number of rotatable bonds is 4. The van der Waals surface area contributed by atoms with Crippen molar-refractivity contribution in [2.45, 2.75) is 43.9 Å². The summed E-state index contributed by atoms with van der Waals surface area (Å²) in [5.41, 5.74) is 0.919. The summed E-state index contributed by atoms with van der Waals surface area (Å²) in [5, 5.41) is 9.19. The number of carboxylic acid groups (broad SMARTS) is 1. The Morgan fingerprint density at radius 3 is 2.67 bits per heavy atom. The fourth-order valence-electron chi connectivity index (χ4n) is 3.04. The van der Waals surface area contributed by atoms with E-state index in [4.69, 9.17) is 4.74 Å². The van der Waals surface area contributed by atoms with Crippen LogP contribution in [-0.4, -0.2) is 18.2 Å². The quantitative estimate of drug-likeness (QED) is 0.888. The average Bonchev–Trinajstić information content (AvgIpc) is 2.39. The van der Waals surface area contributed by atoms with Gasteiger partial charge in [0.2, 0.25) is 0 Å². The summed E-state index contributed by atoms with van der Waals surface area (Å²) in [6, 6.07) is 7.89. The molecule has 1 N–H and O–H groups in total. The molecule has 1 fully saturated rings. The molecule has 0 aromatic heterocycles. The third-order valence-electron chi connectivity index (χ3n) is 3.98. The van der Waals surface area contributed by atoms with E-state index >= 15 is 0 Å². The number of carbonyl (C=O) groups is 1. The van der Waals surface area contributed by atoms with Gasteiger partial charge in [0.25, 0.3) is 0 Å². The van der Waals surface area contributed by atoms with Crippen molar-refractivity contribution in [3.8, 4) is 5.75 Å². The van der Waals surface area contributed by atoms with Crippen molar-refractivity contribution in [1.82, 2.24) is 0 Å². The number of carboxylic acids is 1. The topological polar surface area (TPSA) is 46.5 Å². The summed E-state index contributed by atoms with van der Waals surface area (Å²) >= 11 is 0. The van der Waals surface area contributed by atoms with Crippen molar-refractivity contribution in [2.75, 3.05) is 7.11 Å². The molecule has 0 amide bonds. The summed E-state index contributed by atoms with van der Waals surface area (Å²) in [7, 11) is 1.64.